The minimum absolute atomic E-state index is 0.0844. The molecule has 1 amide bonds. The van der Waals surface area contributed by atoms with E-state index >= 15 is 0 Å². The van der Waals surface area contributed by atoms with Crippen molar-refractivity contribution in [3.8, 4) is 0 Å². The zero-order valence-corrected chi connectivity index (χ0v) is 15.1. The van der Waals surface area contributed by atoms with Crippen LogP contribution in [0.25, 0.3) is 0 Å². The largest absolute Gasteiger partial charge is 0.473 e. The summed E-state index contributed by atoms with van der Waals surface area (Å²) in [5.74, 6) is -4.10. The second-order valence-corrected chi connectivity index (χ2v) is 6.17. The van der Waals surface area contributed by atoms with Gasteiger partial charge in [-0.1, -0.05) is 36.4 Å². The molecule has 1 aliphatic rings. The van der Waals surface area contributed by atoms with E-state index in [4.69, 9.17) is 19.8 Å². The van der Waals surface area contributed by atoms with Crippen molar-refractivity contribution in [3.63, 3.8) is 0 Å². The Bertz CT molecular complexity index is 808. The molecule has 3 rings (SSSR count). The van der Waals surface area contributed by atoms with Gasteiger partial charge in [0.15, 0.2) is 0 Å². The van der Waals surface area contributed by atoms with E-state index in [9.17, 15) is 9.18 Å². The van der Waals surface area contributed by atoms with Crippen molar-refractivity contribution in [2.24, 2.45) is 0 Å². The van der Waals surface area contributed by atoms with Crippen LogP contribution in [0.5, 0.6) is 0 Å². The quantitative estimate of drug-likeness (QED) is 0.780. The molecule has 0 spiro atoms. The lowest BCUT2D eigenvalue weighted by molar-refractivity contribution is -0.159. The smallest absolute Gasteiger partial charge is 0.414 e. The molecular weight excluding hydrogens is 367 g/mol. The topological polar surface area (TPSA) is 98.1 Å². The Kier molecular flexibility index (Phi) is 7.65. The maximum atomic E-state index is 13.2. The molecule has 0 atom stereocenters. The molecule has 0 saturated carbocycles. The van der Waals surface area contributed by atoms with E-state index in [0.29, 0.717) is 18.7 Å². The van der Waals surface area contributed by atoms with E-state index in [1.807, 2.05) is 18.2 Å². The predicted octanol–water partition coefficient (Wildman–Crippen LogP) is 1.94. The monoisotopic (exact) mass is 388 g/mol. The molecule has 8 heteroatoms. The Hall–Kier alpha value is -3.26. The third-order valence-corrected chi connectivity index (χ3v) is 4.16. The number of nitrogens with zero attached hydrogens (tertiary/aromatic N) is 2. The highest BCUT2D eigenvalue weighted by Gasteiger charge is 2.22. The number of rotatable bonds is 3. The summed E-state index contributed by atoms with van der Waals surface area (Å²) < 4.78 is 13.2. The Balaban J connectivity index is 0.000000409. The van der Waals surface area contributed by atoms with Gasteiger partial charge < -0.3 is 15.1 Å². The highest BCUT2D eigenvalue weighted by Crippen LogP contribution is 2.12. The number of carboxylic acids is 2. The number of amides is 1. The van der Waals surface area contributed by atoms with Crippen LogP contribution in [0.1, 0.15) is 15.9 Å². The summed E-state index contributed by atoms with van der Waals surface area (Å²) in [6.07, 6.45) is 0. The van der Waals surface area contributed by atoms with Crippen LogP contribution in [0.3, 0.4) is 0 Å². The molecular formula is C20H21FN2O5. The van der Waals surface area contributed by atoms with Crippen molar-refractivity contribution in [1.82, 2.24) is 9.80 Å². The molecule has 2 aromatic rings. The number of hydrogen-bond donors (Lipinski definition) is 2. The lowest BCUT2D eigenvalue weighted by atomic mass is 10.1. The number of hydrogen-bond acceptors (Lipinski definition) is 4. The first-order valence-electron chi connectivity index (χ1n) is 8.64. The summed E-state index contributed by atoms with van der Waals surface area (Å²) in [7, 11) is 0. The average Bonchev–Trinajstić information content (AvgIpc) is 2.69. The van der Waals surface area contributed by atoms with E-state index in [1.54, 1.807) is 17.0 Å². The summed E-state index contributed by atoms with van der Waals surface area (Å²) in [6, 6.07) is 16.2. The maximum Gasteiger partial charge on any atom is 0.414 e. The third kappa shape index (κ3) is 6.48. The molecule has 0 aromatic heterocycles. The van der Waals surface area contributed by atoms with Gasteiger partial charge in [0.2, 0.25) is 0 Å². The standard InChI is InChI=1S/C18H19FN2O.C2H2O4/c19-17-8-4-7-16(13-17)18(22)21-11-9-20(10-12-21)14-15-5-2-1-3-6-15;3-1(4)2(5)6/h1-8,13H,9-12,14H2;(H,3,4)(H,5,6). The van der Waals surface area contributed by atoms with Crippen molar-refractivity contribution >= 4 is 17.8 Å². The molecule has 1 saturated heterocycles. The van der Waals surface area contributed by atoms with Crippen molar-refractivity contribution in [3.05, 3.63) is 71.5 Å². The van der Waals surface area contributed by atoms with Crippen LogP contribution < -0.4 is 0 Å². The molecule has 0 bridgehead atoms. The summed E-state index contributed by atoms with van der Waals surface area (Å²) in [5, 5.41) is 14.8. The van der Waals surface area contributed by atoms with Crippen LogP contribution in [0, 0.1) is 5.82 Å². The van der Waals surface area contributed by atoms with Gasteiger partial charge in [0.25, 0.3) is 5.91 Å². The van der Waals surface area contributed by atoms with Crippen molar-refractivity contribution < 1.29 is 29.0 Å². The number of benzene rings is 2. The number of piperazine rings is 1. The van der Waals surface area contributed by atoms with Crippen LogP contribution in [0.2, 0.25) is 0 Å². The zero-order chi connectivity index (χ0) is 20.5. The molecule has 28 heavy (non-hydrogen) atoms. The van der Waals surface area contributed by atoms with Gasteiger partial charge in [-0.3, -0.25) is 9.69 Å². The second kappa shape index (κ2) is 10.2. The molecule has 148 valence electrons. The minimum atomic E-state index is -1.82. The normalized spacial score (nSPS) is 14.0. The van der Waals surface area contributed by atoms with E-state index in [0.717, 1.165) is 19.6 Å². The number of halogens is 1. The first kappa shape index (κ1) is 21.0. The lowest BCUT2D eigenvalue weighted by Crippen LogP contribution is -2.48. The maximum absolute atomic E-state index is 13.2. The fourth-order valence-electron chi connectivity index (χ4n) is 2.75. The second-order valence-electron chi connectivity index (χ2n) is 6.17. The van der Waals surface area contributed by atoms with Crippen LogP contribution in [-0.4, -0.2) is 64.0 Å². The van der Waals surface area contributed by atoms with Gasteiger partial charge in [0.1, 0.15) is 5.82 Å². The highest BCUT2D eigenvalue weighted by molar-refractivity contribution is 6.27. The molecule has 1 heterocycles. The first-order valence-corrected chi connectivity index (χ1v) is 8.64. The lowest BCUT2D eigenvalue weighted by Gasteiger charge is -2.34. The van der Waals surface area contributed by atoms with Gasteiger partial charge in [-0.05, 0) is 23.8 Å². The van der Waals surface area contributed by atoms with Crippen LogP contribution in [0.4, 0.5) is 4.39 Å². The van der Waals surface area contributed by atoms with Crippen LogP contribution in [0.15, 0.2) is 54.6 Å². The molecule has 2 aromatic carbocycles. The molecule has 7 nitrogen and oxygen atoms in total. The fraction of sp³-hybridized carbons (Fsp3) is 0.250. The van der Waals surface area contributed by atoms with E-state index in [1.165, 1.54) is 17.7 Å². The van der Waals surface area contributed by atoms with E-state index in [2.05, 4.69) is 17.0 Å². The Morgan fingerprint density at radius 2 is 1.46 bits per heavy atom. The highest BCUT2D eigenvalue weighted by atomic mass is 19.1. The molecule has 1 aliphatic heterocycles. The van der Waals surface area contributed by atoms with Gasteiger partial charge in [-0.2, -0.15) is 0 Å². The first-order chi connectivity index (χ1) is 13.4. The van der Waals surface area contributed by atoms with Crippen molar-refractivity contribution in [2.75, 3.05) is 26.2 Å². The third-order valence-electron chi connectivity index (χ3n) is 4.16. The summed E-state index contributed by atoms with van der Waals surface area (Å²) in [6.45, 7) is 3.96. The van der Waals surface area contributed by atoms with Gasteiger partial charge >= 0.3 is 11.9 Å². The average molecular weight is 388 g/mol. The Labute approximate surface area is 161 Å². The molecule has 0 unspecified atom stereocenters. The van der Waals surface area contributed by atoms with E-state index in [-0.39, 0.29) is 11.7 Å². The molecule has 0 radical (unpaired) electrons. The predicted molar refractivity (Wildman–Crippen MR) is 99.3 cm³/mol. The summed E-state index contributed by atoms with van der Waals surface area (Å²) in [4.78, 5) is 34.7. The minimum Gasteiger partial charge on any atom is -0.473 e. The van der Waals surface area contributed by atoms with Gasteiger partial charge in [-0.25, -0.2) is 14.0 Å². The van der Waals surface area contributed by atoms with Crippen LogP contribution in [-0.2, 0) is 16.1 Å². The van der Waals surface area contributed by atoms with Crippen molar-refractivity contribution in [2.45, 2.75) is 6.54 Å². The van der Waals surface area contributed by atoms with Crippen LogP contribution >= 0.6 is 0 Å². The number of aliphatic carboxylic acids is 2. The Morgan fingerprint density at radius 1 is 0.857 bits per heavy atom. The van der Waals surface area contributed by atoms with Gasteiger partial charge in [0, 0.05) is 38.3 Å². The summed E-state index contributed by atoms with van der Waals surface area (Å²) in [5.41, 5.74) is 1.71. The fourth-order valence-corrected chi connectivity index (χ4v) is 2.75. The molecule has 2 N–H and O–H groups in total. The molecule has 0 aliphatic carbocycles. The number of carboxylic acid groups (broad SMARTS) is 2. The van der Waals surface area contributed by atoms with Crippen molar-refractivity contribution in [1.29, 1.82) is 0 Å². The summed E-state index contributed by atoms with van der Waals surface area (Å²) >= 11 is 0. The van der Waals surface area contributed by atoms with E-state index < -0.39 is 11.9 Å². The Morgan fingerprint density at radius 3 is 2.00 bits per heavy atom. The number of carbonyl (C=O) groups excluding carboxylic acids is 1. The van der Waals surface area contributed by atoms with Gasteiger partial charge in [0.05, 0.1) is 0 Å². The SMILES string of the molecule is O=C(O)C(=O)O.O=C(c1cccc(F)c1)N1CCN(Cc2ccccc2)CC1. The molecule has 1 fully saturated rings. The zero-order valence-electron chi connectivity index (χ0n) is 15.1. The van der Waals surface area contributed by atoms with Gasteiger partial charge in [-0.15, -0.1) is 0 Å². The number of carbonyl (C=O) groups is 3.